The van der Waals surface area contributed by atoms with Crippen LogP contribution in [-0.2, 0) is 17.8 Å². The zero-order valence-electron chi connectivity index (χ0n) is 15.2. The maximum Gasteiger partial charge on any atom is 0.257 e. The molecular formula is C20H20FN3O3. The smallest absolute Gasteiger partial charge is 0.257 e. The van der Waals surface area contributed by atoms with E-state index in [0.29, 0.717) is 34.9 Å². The first kappa shape index (κ1) is 17.5. The lowest BCUT2D eigenvalue weighted by Gasteiger charge is -2.15. The first-order chi connectivity index (χ1) is 13.0. The number of halogens is 1. The molecule has 0 atom stereocenters. The summed E-state index contributed by atoms with van der Waals surface area (Å²) in [5.74, 6) is -0.271. The number of ether oxygens (including phenoxy) is 1. The molecule has 2 aliphatic rings. The summed E-state index contributed by atoms with van der Waals surface area (Å²) < 4.78 is 19.2. The summed E-state index contributed by atoms with van der Waals surface area (Å²) in [5, 5.41) is 3.11. The van der Waals surface area contributed by atoms with Gasteiger partial charge in [0.15, 0.2) is 11.6 Å². The summed E-state index contributed by atoms with van der Waals surface area (Å²) >= 11 is 0. The molecule has 0 radical (unpaired) electrons. The Morgan fingerprint density at radius 3 is 2.85 bits per heavy atom. The van der Waals surface area contributed by atoms with E-state index in [1.54, 1.807) is 30.1 Å². The SMILES string of the molecule is COc1c(F)cccc1Nc1cc(CC(=O)C2CC2)nc2c1C(=O)N(C)C2. The molecule has 6 nitrogen and oxygen atoms in total. The van der Waals surface area contributed by atoms with Crippen LogP contribution in [0.5, 0.6) is 5.75 Å². The average molecular weight is 369 g/mol. The normalized spacial score (nSPS) is 15.7. The number of fused-ring (bicyclic) bond motifs is 1. The van der Waals surface area contributed by atoms with Crippen LogP contribution in [0.4, 0.5) is 15.8 Å². The predicted molar refractivity (Wildman–Crippen MR) is 97.7 cm³/mol. The Morgan fingerprint density at radius 2 is 2.15 bits per heavy atom. The second kappa shape index (κ2) is 6.64. The quantitative estimate of drug-likeness (QED) is 0.847. The second-order valence-electron chi connectivity index (χ2n) is 7.01. The number of nitrogens with zero attached hydrogens (tertiary/aromatic N) is 2. The van der Waals surface area contributed by atoms with Crippen LogP contribution in [0.15, 0.2) is 24.3 Å². The highest BCUT2D eigenvalue weighted by Crippen LogP contribution is 2.36. The molecule has 1 aromatic heterocycles. The van der Waals surface area contributed by atoms with Crippen molar-refractivity contribution in [2.24, 2.45) is 5.92 Å². The number of rotatable bonds is 6. The van der Waals surface area contributed by atoms with Gasteiger partial charge in [0.2, 0.25) is 0 Å². The number of hydrogen-bond acceptors (Lipinski definition) is 5. The van der Waals surface area contributed by atoms with Crippen molar-refractivity contribution in [2.45, 2.75) is 25.8 Å². The van der Waals surface area contributed by atoms with Crippen molar-refractivity contribution in [3.8, 4) is 5.75 Å². The fraction of sp³-hybridized carbons (Fsp3) is 0.350. The van der Waals surface area contributed by atoms with E-state index in [-0.39, 0.29) is 29.8 Å². The van der Waals surface area contributed by atoms with E-state index in [1.807, 2.05) is 0 Å². The fourth-order valence-corrected chi connectivity index (χ4v) is 3.37. The number of anilines is 2. The molecule has 4 rings (SSSR count). The van der Waals surface area contributed by atoms with E-state index < -0.39 is 5.82 Å². The summed E-state index contributed by atoms with van der Waals surface area (Å²) in [6.07, 6.45) is 2.12. The molecule has 1 saturated carbocycles. The molecule has 0 unspecified atom stereocenters. The van der Waals surface area contributed by atoms with Crippen LogP contribution in [-0.4, -0.2) is 35.7 Å². The van der Waals surface area contributed by atoms with Crippen LogP contribution in [0, 0.1) is 11.7 Å². The monoisotopic (exact) mass is 369 g/mol. The van der Waals surface area contributed by atoms with Gasteiger partial charge < -0.3 is 15.0 Å². The Morgan fingerprint density at radius 1 is 1.37 bits per heavy atom. The van der Waals surface area contributed by atoms with Crippen LogP contribution in [0.1, 0.15) is 34.6 Å². The maximum absolute atomic E-state index is 14.0. The van der Waals surface area contributed by atoms with Gasteiger partial charge in [-0.2, -0.15) is 0 Å². The number of hydrogen-bond donors (Lipinski definition) is 1. The van der Waals surface area contributed by atoms with Crippen LogP contribution in [0.25, 0.3) is 0 Å². The molecule has 7 heteroatoms. The molecule has 2 aromatic rings. The Labute approximate surface area is 156 Å². The summed E-state index contributed by atoms with van der Waals surface area (Å²) in [7, 11) is 3.09. The Kier molecular flexibility index (Phi) is 4.30. The second-order valence-corrected chi connectivity index (χ2v) is 7.01. The third-order valence-corrected chi connectivity index (χ3v) is 4.92. The van der Waals surface area contributed by atoms with Crippen molar-refractivity contribution in [3.05, 3.63) is 47.0 Å². The Balaban J connectivity index is 1.74. The zero-order valence-corrected chi connectivity index (χ0v) is 15.2. The number of aromatic nitrogens is 1. The number of nitrogens with one attached hydrogen (secondary N) is 1. The molecule has 1 aromatic carbocycles. The molecule has 140 valence electrons. The summed E-state index contributed by atoms with van der Waals surface area (Å²) in [5.41, 5.74) is 2.61. The van der Waals surface area contributed by atoms with Gasteiger partial charge in [0, 0.05) is 19.4 Å². The molecule has 1 fully saturated rings. The van der Waals surface area contributed by atoms with Gasteiger partial charge in [-0.15, -0.1) is 0 Å². The minimum Gasteiger partial charge on any atom is -0.492 e. The number of benzene rings is 1. The zero-order chi connectivity index (χ0) is 19.1. The van der Waals surface area contributed by atoms with E-state index in [1.165, 1.54) is 13.2 Å². The van der Waals surface area contributed by atoms with Crippen molar-refractivity contribution in [3.63, 3.8) is 0 Å². The lowest BCUT2D eigenvalue weighted by molar-refractivity contribution is -0.119. The summed E-state index contributed by atoms with van der Waals surface area (Å²) in [4.78, 5) is 30.9. The number of Topliss-reactive ketones (excluding diaryl/α,β-unsaturated/α-hetero) is 1. The largest absolute Gasteiger partial charge is 0.492 e. The Bertz CT molecular complexity index is 940. The number of para-hydroxylation sites is 1. The molecule has 1 N–H and O–H groups in total. The summed E-state index contributed by atoms with van der Waals surface area (Å²) in [6, 6.07) is 6.25. The fourth-order valence-electron chi connectivity index (χ4n) is 3.37. The van der Waals surface area contributed by atoms with Crippen LogP contribution < -0.4 is 10.1 Å². The first-order valence-electron chi connectivity index (χ1n) is 8.88. The van der Waals surface area contributed by atoms with Gasteiger partial charge in [-0.1, -0.05) is 6.07 Å². The highest BCUT2D eigenvalue weighted by molar-refractivity contribution is 6.03. The minimum atomic E-state index is -0.499. The lowest BCUT2D eigenvalue weighted by atomic mass is 10.1. The number of methoxy groups -OCH3 is 1. The molecule has 2 heterocycles. The van der Waals surface area contributed by atoms with Crippen LogP contribution in [0.3, 0.4) is 0 Å². The molecule has 1 aliphatic heterocycles. The first-order valence-corrected chi connectivity index (χ1v) is 8.88. The van der Waals surface area contributed by atoms with Crippen molar-refractivity contribution in [1.82, 2.24) is 9.88 Å². The predicted octanol–water partition coefficient (Wildman–Crippen LogP) is 3.08. The van der Waals surface area contributed by atoms with E-state index in [0.717, 1.165) is 12.8 Å². The minimum absolute atomic E-state index is 0.0671. The van der Waals surface area contributed by atoms with Gasteiger partial charge in [0.1, 0.15) is 5.78 Å². The number of carbonyl (C=O) groups is 2. The van der Waals surface area contributed by atoms with Crippen LogP contribution in [0.2, 0.25) is 0 Å². The standard InChI is InChI=1S/C20H20FN3O3/c1-24-10-16-18(20(24)26)15(8-12(22-16)9-17(25)11-6-7-11)23-14-5-3-4-13(21)19(14)27-2/h3-5,8,11H,6-7,9-10H2,1-2H3,(H,22,23). The van der Waals surface area contributed by atoms with E-state index in [2.05, 4.69) is 10.3 Å². The van der Waals surface area contributed by atoms with E-state index in [4.69, 9.17) is 4.74 Å². The van der Waals surface area contributed by atoms with Crippen molar-refractivity contribution in [1.29, 1.82) is 0 Å². The van der Waals surface area contributed by atoms with Crippen molar-refractivity contribution in [2.75, 3.05) is 19.5 Å². The number of ketones is 1. The third kappa shape index (κ3) is 3.25. The molecule has 1 amide bonds. The maximum atomic E-state index is 14.0. The molecular weight excluding hydrogens is 349 g/mol. The van der Waals surface area contributed by atoms with Gasteiger partial charge in [-0.3, -0.25) is 14.6 Å². The third-order valence-electron chi connectivity index (χ3n) is 4.92. The highest BCUT2D eigenvalue weighted by atomic mass is 19.1. The number of carbonyl (C=O) groups excluding carboxylic acids is 2. The van der Waals surface area contributed by atoms with E-state index >= 15 is 0 Å². The average Bonchev–Trinajstić information content (AvgIpc) is 3.42. The highest BCUT2D eigenvalue weighted by Gasteiger charge is 2.32. The van der Waals surface area contributed by atoms with E-state index in [9.17, 15) is 14.0 Å². The molecule has 0 saturated heterocycles. The summed E-state index contributed by atoms with van der Waals surface area (Å²) in [6.45, 7) is 0.384. The Hall–Kier alpha value is -2.96. The molecule has 1 aliphatic carbocycles. The topological polar surface area (TPSA) is 71.5 Å². The van der Waals surface area contributed by atoms with Crippen LogP contribution >= 0.6 is 0 Å². The van der Waals surface area contributed by atoms with Gasteiger partial charge in [0.25, 0.3) is 5.91 Å². The van der Waals surface area contributed by atoms with Crippen molar-refractivity contribution >= 4 is 23.1 Å². The van der Waals surface area contributed by atoms with Gasteiger partial charge >= 0.3 is 0 Å². The molecule has 27 heavy (non-hydrogen) atoms. The number of amides is 1. The van der Waals surface area contributed by atoms with Crippen molar-refractivity contribution < 1.29 is 18.7 Å². The molecule has 0 bridgehead atoms. The van der Waals surface area contributed by atoms with Gasteiger partial charge in [0.05, 0.1) is 42.0 Å². The number of pyridine rings is 1. The van der Waals surface area contributed by atoms with Gasteiger partial charge in [-0.25, -0.2) is 4.39 Å². The van der Waals surface area contributed by atoms with Gasteiger partial charge in [-0.05, 0) is 31.0 Å². The molecule has 0 spiro atoms. The lowest BCUT2D eigenvalue weighted by Crippen LogP contribution is -2.18.